The Morgan fingerprint density at radius 2 is 0.789 bits per heavy atom. The van der Waals surface area contributed by atoms with Crippen molar-refractivity contribution in [3.05, 3.63) is 134 Å². The molecule has 0 aromatic rings. The van der Waals surface area contributed by atoms with Gasteiger partial charge in [-0.25, -0.2) is 0 Å². The number of ether oxygens (including phenoxy) is 1. The number of unbranched alkanes of at least 4 members (excludes halogenated alkanes) is 18. The molecule has 0 heterocycles. The summed E-state index contributed by atoms with van der Waals surface area (Å²) in [6.45, 7) is 6.22. The highest BCUT2D eigenvalue weighted by Gasteiger charge is 2.23. The van der Waals surface area contributed by atoms with E-state index in [2.05, 4.69) is 148 Å². The van der Waals surface area contributed by atoms with Gasteiger partial charge in [0.2, 0.25) is 5.91 Å². The normalized spacial score (nSPS) is 14.2. The molecule has 0 aliphatic carbocycles. The van der Waals surface area contributed by atoms with Crippen LogP contribution in [0.15, 0.2) is 134 Å². The van der Waals surface area contributed by atoms with E-state index in [9.17, 15) is 19.8 Å². The summed E-state index contributed by atoms with van der Waals surface area (Å²) in [5, 5.41) is 23.8. The first-order valence-electron chi connectivity index (χ1n) is 28.9. The quantitative estimate of drug-likeness (QED) is 0.0321. The summed E-state index contributed by atoms with van der Waals surface area (Å²) in [4.78, 5) is 26.2. The molecule has 6 heteroatoms. The molecule has 3 N–H and O–H groups in total. The van der Waals surface area contributed by atoms with Gasteiger partial charge in [0.1, 0.15) is 6.10 Å². The van der Waals surface area contributed by atoms with Crippen LogP contribution in [-0.2, 0) is 14.3 Å². The molecule has 0 aliphatic heterocycles. The zero-order valence-electron chi connectivity index (χ0n) is 45.8. The first-order chi connectivity index (χ1) is 35.0. The van der Waals surface area contributed by atoms with Crippen LogP contribution in [0.2, 0.25) is 0 Å². The number of carbonyl (C=O) groups excluding carboxylic acids is 2. The molecule has 71 heavy (non-hydrogen) atoms. The lowest BCUT2D eigenvalue weighted by atomic mass is 10.0. The second kappa shape index (κ2) is 56.9. The highest BCUT2D eigenvalue weighted by atomic mass is 16.5. The van der Waals surface area contributed by atoms with Gasteiger partial charge in [-0.2, -0.15) is 0 Å². The molecule has 0 aromatic carbocycles. The fourth-order valence-corrected chi connectivity index (χ4v) is 7.92. The molecule has 6 nitrogen and oxygen atoms in total. The molecule has 402 valence electrons. The van der Waals surface area contributed by atoms with E-state index in [0.717, 1.165) is 109 Å². The minimum absolute atomic E-state index is 0.0692. The van der Waals surface area contributed by atoms with Gasteiger partial charge in [0.25, 0.3) is 0 Å². The summed E-state index contributed by atoms with van der Waals surface area (Å²) >= 11 is 0. The lowest BCUT2D eigenvalue weighted by Crippen LogP contribution is -2.46. The predicted octanol–water partition coefficient (Wildman–Crippen LogP) is 18.2. The Balaban J connectivity index is 4.80. The Hall–Kier alpha value is -4.00. The minimum Gasteiger partial charge on any atom is -0.458 e. The van der Waals surface area contributed by atoms with Crippen LogP contribution in [0.1, 0.15) is 239 Å². The van der Waals surface area contributed by atoms with Crippen molar-refractivity contribution in [1.29, 1.82) is 0 Å². The largest absolute Gasteiger partial charge is 0.458 e. The molecule has 3 atom stereocenters. The van der Waals surface area contributed by atoms with Gasteiger partial charge >= 0.3 is 5.97 Å². The second-order valence-corrected chi connectivity index (χ2v) is 18.9. The van der Waals surface area contributed by atoms with Crippen LogP contribution in [-0.4, -0.2) is 46.9 Å². The Morgan fingerprint density at radius 1 is 0.437 bits per heavy atom. The second-order valence-electron chi connectivity index (χ2n) is 18.9. The van der Waals surface area contributed by atoms with Crippen molar-refractivity contribution in [3.8, 4) is 0 Å². The maximum Gasteiger partial charge on any atom is 0.306 e. The number of carbonyl (C=O) groups is 2. The number of rotatable bonds is 50. The van der Waals surface area contributed by atoms with E-state index in [0.29, 0.717) is 19.3 Å². The minimum atomic E-state index is -0.836. The molecule has 0 radical (unpaired) electrons. The highest BCUT2D eigenvalue weighted by Crippen LogP contribution is 2.16. The molecule has 0 fully saturated rings. The Morgan fingerprint density at radius 3 is 1.18 bits per heavy atom. The molecule has 0 aromatic heterocycles. The van der Waals surface area contributed by atoms with Crippen molar-refractivity contribution in [1.82, 2.24) is 5.32 Å². The number of hydrogen-bond donors (Lipinski definition) is 3. The third-order valence-electron chi connectivity index (χ3n) is 12.2. The molecule has 0 aliphatic rings. The van der Waals surface area contributed by atoms with Crippen LogP contribution < -0.4 is 5.32 Å². The van der Waals surface area contributed by atoms with E-state index in [4.69, 9.17) is 4.74 Å². The van der Waals surface area contributed by atoms with Crippen molar-refractivity contribution in [2.75, 3.05) is 6.61 Å². The summed E-state index contributed by atoms with van der Waals surface area (Å²) in [5.41, 5.74) is 0. The molecule has 1 amide bonds. The van der Waals surface area contributed by atoms with Crippen molar-refractivity contribution >= 4 is 11.9 Å². The third-order valence-corrected chi connectivity index (χ3v) is 12.2. The molecule has 0 saturated heterocycles. The van der Waals surface area contributed by atoms with Gasteiger partial charge in [-0.3, -0.25) is 9.59 Å². The van der Waals surface area contributed by atoms with Crippen molar-refractivity contribution in [2.24, 2.45) is 0 Å². The Bertz CT molecular complexity index is 1520. The van der Waals surface area contributed by atoms with Crippen LogP contribution >= 0.6 is 0 Å². The highest BCUT2D eigenvalue weighted by molar-refractivity contribution is 5.78. The number of nitrogens with one attached hydrogen (secondary N) is 1. The Kier molecular flexibility index (Phi) is 53.7. The molecule has 3 unspecified atom stereocenters. The lowest BCUT2D eigenvalue weighted by molar-refractivity contribution is -0.148. The first kappa shape index (κ1) is 67.0. The smallest absolute Gasteiger partial charge is 0.306 e. The maximum absolute atomic E-state index is 13.2. The van der Waals surface area contributed by atoms with E-state index >= 15 is 0 Å². The molecule has 0 bridgehead atoms. The zero-order valence-corrected chi connectivity index (χ0v) is 45.8. The van der Waals surface area contributed by atoms with Crippen LogP contribution in [0.3, 0.4) is 0 Å². The van der Waals surface area contributed by atoms with Crippen molar-refractivity contribution in [3.63, 3.8) is 0 Å². The number of allylic oxidation sites excluding steroid dienone is 21. The van der Waals surface area contributed by atoms with Gasteiger partial charge in [0.15, 0.2) is 0 Å². The van der Waals surface area contributed by atoms with Gasteiger partial charge in [-0.05, 0) is 102 Å². The first-order valence-corrected chi connectivity index (χ1v) is 28.9. The predicted molar refractivity (Wildman–Crippen MR) is 309 cm³/mol. The average molecular weight is 983 g/mol. The van der Waals surface area contributed by atoms with Crippen LogP contribution in [0.4, 0.5) is 0 Å². The van der Waals surface area contributed by atoms with E-state index in [-0.39, 0.29) is 24.9 Å². The molecule has 0 spiro atoms. The fourth-order valence-electron chi connectivity index (χ4n) is 7.92. The maximum atomic E-state index is 13.2. The average Bonchev–Trinajstić information content (AvgIpc) is 3.36. The van der Waals surface area contributed by atoms with E-state index in [1.54, 1.807) is 6.08 Å². The lowest BCUT2D eigenvalue weighted by Gasteiger charge is -2.23. The Labute approximate surface area is 437 Å². The van der Waals surface area contributed by atoms with E-state index < -0.39 is 18.2 Å². The fraction of sp³-hybridized carbons (Fsp3) is 0.631. The molecular weight excluding hydrogens is 875 g/mol. The van der Waals surface area contributed by atoms with Gasteiger partial charge in [0, 0.05) is 6.42 Å². The van der Waals surface area contributed by atoms with Gasteiger partial charge < -0.3 is 20.3 Å². The van der Waals surface area contributed by atoms with Crippen molar-refractivity contribution in [2.45, 2.75) is 257 Å². The summed E-state index contributed by atoms with van der Waals surface area (Å²) in [6.07, 6.45) is 81.2. The summed E-state index contributed by atoms with van der Waals surface area (Å²) in [5.74, 6) is -0.677. The van der Waals surface area contributed by atoms with Crippen LogP contribution in [0.25, 0.3) is 0 Å². The molecule has 0 rings (SSSR count). The summed E-state index contributed by atoms with van der Waals surface area (Å²) in [6, 6.07) is -0.761. The summed E-state index contributed by atoms with van der Waals surface area (Å²) < 4.78 is 5.83. The summed E-state index contributed by atoms with van der Waals surface area (Å²) in [7, 11) is 0. The molecule has 0 saturated carbocycles. The zero-order chi connectivity index (χ0) is 51.6. The number of aliphatic hydroxyl groups excluding tert-OH is 2. The topological polar surface area (TPSA) is 95.9 Å². The number of esters is 1. The van der Waals surface area contributed by atoms with Crippen LogP contribution in [0, 0.1) is 0 Å². The number of aliphatic hydroxyl groups is 2. The number of amides is 1. The van der Waals surface area contributed by atoms with E-state index in [1.807, 2.05) is 6.08 Å². The van der Waals surface area contributed by atoms with E-state index in [1.165, 1.54) is 83.5 Å². The monoisotopic (exact) mass is 982 g/mol. The van der Waals surface area contributed by atoms with Gasteiger partial charge in [-0.15, -0.1) is 0 Å². The van der Waals surface area contributed by atoms with Crippen LogP contribution in [0.5, 0.6) is 0 Å². The SMILES string of the molecule is CC/C=C\C/C=C\C/C=C\C/C=C\C/C=C\C/C=C\C(CC(=O)NC(CO)C(O)CCCCCCCCCCCCCCCCCC)OC(=O)CCCCC/C=C\C/C=C\C/C=C\C/C=C\C/C=C\CC. The van der Waals surface area contributed by atoms with Crippen molar-refractivity contribution < 1.29 is 24.5 Å². The van der Waals surface area contributed by atoms with Gasteiger partial charge in [-0.1, -0.05) is 258 Å². The molecular formula is C65H107NO5. The number of hydrogen-bond acceptors (Lipinski definition) is 5. The van der Waals surface area contributed by atoms with Gasteiger partial charge in [0.05, 0.1) is 25.2 Å². The standard InChI is InChI=1S/C65H107NO5/c1-4-7-10-13-16-19-22-25-28-31-32-34-37-40-43-46-49-52-55-58-65(70)71-61(56-53-50-47-44-41-38-35-33-29-26-23-20-17-14-11-8-5-2)59-64(69)66-62(60-67)63(68)57-54-51-48-45-42-39-36-30-27-24-21-18-15-12-9-6-3/h7-8,10-11,16-17,19-20,25-26,28-29,32,34-35,38,40,43-44,47,53,56,61-63,67-68H,4-6,9,12-15,18,21-24,27,30-31,33,36-37,39,41-42,45-46,48-52,54-55,57-60H2,1-3H3,(H,66,69)/b10-7-,11-8-,19-16-,20-17-,28-25-,29-26-,34-32-,38-35-,43-40-,47-44-,56-53-. The third kappa shape index (κ3) is 52.1.